The Labute approximate surface area is 223 Å². The third-order valence-corrected chi connectivity index (χ3v) is 4.83. The zero-order valence-corrected chi connectivity index (χ0v) is 23.4. The SMILES string of the molecule is CCOC(=O)CCOCCOCCOCCOCCOCCOCCOCCOCCOCC(C)CC. The second kappa shape index (κ2) is 31.3. The summed E-state index contributed by atoms with van der Waals surface area (Å²) in [6, 6.07) is 0. The van der Waals surface area contributed by atoms with Gasteiger partial charge in [0.25, 0.3) is 0 Å². The van der Waals surface area contributed by atoms with Crippen LogP contribution in [0.3, 0.4) is 0 Å². The van der Waals surface area contributed by atoms with E-state index in [1.165, 1.54) is 0 Å². The lowest BCUT2D eigenvalue weighted by Gasteiger charge is -2.10. The van der Waals surface area contributed by atoms with Crippen molar-refractivity contribution in [2.24, 2.45) is 5.92 Å². The van der Waals surface area contributed by atoms with E-state index >= 15 is 0 Å². The number of hydrogen-bond donors (Lipinski definition) is 0. The molecule has 0 saturated heterocycles. The fraction of sp³-hybridized carbons (Fsp3) is 0.962. The first-order valence-electron chi connectivity index (χ1n) is 13.6. The Hall–Kier alpha value is -0.890. The highest BCUT2D eigenvalue weighted by atomic mass is 16.6. The Kier molecular flexibility index (Phi) is 30.6. The first-order valence-corrected chi connectivity index (χ1v) is 13.6. The summed E-state index contributed by atoms with van der Waals surface area (Å²) in [6.07, 6.45) is 1.39. The lowest BCUT2D eigenvalue weighted by atomic mass is 10.1. The second-order valence-corrected chi connectivity index (χ2v) is 8.04. The Morgan fingerprint density at radius 2 is 0.784 bits per heavy atom. The van der Waals surface area contributed by atoms with Crippen LogP contribution in [0.5, 0.6) is 0 Å². The zero-order valence-electron chi connectivity index (χ0n) is 23.4. The Balaban J connectivity index is 3.06. The first kappa shape index (κ1) is 36.1. The van der Waals surface area contributed by atoms with Gasteiger partial charge in [0.15, 0.2) is 0 Å². The molecule has 0 heterocycles. The molecule has 1 unspecified atom stereocenters. The minimum Gasteiger partial charge on any atom is -0.466 e. The molecule has 11 nitrogen and oxygen atoms in total. The minimum atomic E-state index is -0.246. The molecule has 0 aliphatic heterocycles. The van der Waals surface area contributed by atoms with Gasteiger partial charge in [-0.25, -0.2) is 0 Å². The summed E-state index contributed by atoms with van der Waals surface area (Å²) >= 11 is 0. The molecule has 11 heteroatoms. The number of rotatable bonds is 31. The number of ether oxygens (including phenoxy) is 10. The molecule has 0 radical (unpaired) electrons. The zero-order chi connectivity index (χ0) is 27.1. The molecule has 0 bridgehead atoms. The lowest BCUT2D eigenvalue weighted by Crippen LogP contribution is -2.15. The van der Waals surface area contributed by atoms with Crippen molar-refractivity contribution in [2.75, 3.05) is 126 Å². The predicted molar refractivity (Wildman–Crippen MR) is 138 cm³/mol. The van der Waals surface area contributed by atoms with Gasteiger partial charge in [0.1, 0.15) is 0 Å². The van der Waals surface area contributed by atoms with Crippen molar-refractivity contribution in [3.63, 3.8) is 0 Å². The van der Waals surface area contributed by atoms with Crippen LogP contribution in [0.2, 0.25) is 0 Å². The van der Waals surface area contributed by atoms with Gasteiger partial charge >= 0.3 is 5.97 Å². The number of carbonyl (C=O) groups is 1. The van der Waals surface area contributed by atoms with E-state index in [0.29, 0.717) is 125 Å². The van der Waals surface area contributed by atoms with Gasteiger partial charge in [-0.2, -0.15) is 0 Å². The van der Waals surface area contributed by atoms with Crippen LogP contribution in [0.1, 0.15) is 33.6 Å². The molecule has 0 aromatic carbocycles. The number of carbonyl (C=O) groups excluding carboxylic acids is 1. The van der Waals surface area contributed by atoms with E-state index < -0.39 is 0 Å². The summed E-state index contributed by atoms with van der Waals surface area (Å²) in [4.78, 5) is 11.1. The van der Waals surface area contributed by atoms with Crippen LogP contribution in [0.4, 0.5) is 0 Å². The summed E-state index contributed by atoms with van der Waals surface area (Å²) in [5.41, 5.74) is 0. The summed E-state index contributed by atoms with van der Waals surface area (Å²) in [7, 11) is 0. The van der Waals surface area contributed by atoms with Gasteiger partial charge in [-0.05, 0) is 12.8 Å². The van der Waals surface area contributed by atoms with Gasteiger partial charge in [-0.3, -0.25) is 4.79 Å². The lowest BCUT2D eigenvalue weighted by molar-refractivity contribution is -0.144. The van der Waals surface area contributed by atoms with Gasteiger partial charge in [-0.15, -0.1) is 0 Å². The highest BCUT2D eigenvalue weighted by molar-refractivity contribution is 5.69. The van der Waals surface area contributed by atoms with Gasteiger partial charge < -0.3 is 47.4 Å². The van der Waals surface area contributed by atoms with Crippen LogP contribution in [0, 0.1) is 5.92 Å². The van der Waals surface area contributed by atoms with Crippen molar-refractivity contribution in [1.82, 2.24) is 0 Å². The van der Waals surface area contributed by atoms with E-state index in [1.807, 2.05) is 0 Å². The molecule has 0 aliphatic rings. The summed E-state index contributed by atoms with van der Waals surface area (Å²) < 4.78 is 53.7. The average molecular weight is 541 g/mol. The highest BCUT2D eigenvalue weighted by Gasteiger charge is 2.01. The summed E-state index contributed by atoms with van der Waals surface area (Å²) in [5.74, 6) is 0.351. The molecule has 0 saturated carbocycles. The molecular formula is C26H52O11. The van der Waals surface area contributed by atoms with Crippen LogP contribution < -0.4 is 0 Å². The Morgan fingerprint density at radius 1 is 0.486 bits per heavy atom. The van der Waals surface area contributed by atoms with E-state index in [9.17, 15) is 4.79 Å². The smallest absolute Gasteiger partial charge is 0.308 e. The topological polar surface area (TPSA) is 109 Å². The molecule has 0 fully saturated rings. The average Bonchev–Trinajstić information content (AvgIpc) is 2.90. The molecule has 1 atom stereocenters. The molecule has 0 aliphatic carbocycles. The second-order valence-electron chi connectivity index (χ2n) is 8.04. The van der Waals surface area contributed by atoms with E-state index in [4.69, 9.17) is 47.4 Å². The van der Waals surface area contributed by atoms with Gasteiger partial charge in [0.05, 0.1) is 125 Å². The van der Waals surface area contributed by atoms with E-state index in [0.717, 1.165) is 13.0 Å². The third-order valence-electron chi connectivity index (χ3n) is 4.83. The minimum absolute atomic E-state index is 0.246. The van der Waals surface area contributed by atoms with Crippen molar-refractivity contribution in [3.05, 3.63) is 0 Å². The van der Waals surface area contributed by atoms with Gasteiger partial charge in [0.2, 0.25) is 0 Å². The van der Waals surface area contributed by atoms with E-state index in [1.54, 1.807) is 6.92 Å². The molecule has 0 aromatic rings. The van der Waals surface area contributed by atoms with Crippen molar-refractivity contribution in [2.45, 2.75) is 33.6 Å². The van der Waals surface area contributed by atoms with Crippen LogP contribution in [-0.2, 0) is 52.2 Å². The van der Waals surface area contributed by atoms with E-state index in [2.05, 4.69) is 13.8 Å². The van der Waals surface area contributed by atoms with Crippen LogP contribution in [0.25, 0.3) is 0 Å². The van der Waals surface area contributed by atoms with Crippen molar-refractivity contribution < 1.29 is 52.2 Å². The summed E-state index contributed by atoms with van der Waals surface area (Å²) in [6.45, 7) is 16.0. The largest absolute Gasteiger partial charge is 0.466 e. The normalized spacial score (nSPS) is 12.2. The predicted octanol–water partition coefficient (Wildman–Crippen LogP) is 2.14. The van der Waals surface area contributed by atoms with Crippen molar-refractivity contribution in [1.29, 1.82) is 0 Å². The monoisotopic (exact) mass is 540 g/mol. The molecule has 0 aromatic heterocycles. The molecule has 0 rings (SSSR count). The quantitative estimate of drug-likeness (QED) is 0.0953. The van der Waals surface area contributed by atoms with Crippen molar-refractivity contribution in [3.8, 4) is 0 Å². The molecule has 0 spiro atoms. The Morgan fingerprint density at radius 3 is 1.08 bits per heavy atom. The maximum atomic E-state index is 11.1. The van der Waals surface area contributed by atoms with Crippen molar-refractivity contribution >= 4 is 5.97 Å². The molecule has 0 N–H and O–H groups in total. The molecular weight excluding hydrogens is 488 g/mol. The fourth-order valence-corrected chi connectivity index (χ4v) is 2.55. The van der Waals surface area contributed by atoms with Crippen LogP contribution in [0.15, 0.2) is 0 Å². The first-order chi connectivity index (χ1) is 18.2. The maximum absolute atomic E-state index is 11.1. The standard InChI is InChI=1S/C26H52O11/c1-4-25(3)24-36-23-22-35-21-20-34-19-18-33-17-16-32-15-14-31-13-12-30-11-10-29-9-8-28-7-6-26(27)37-5-2/h25H,4-24H2,1-3H3. The third kappa shape index (κ3) is 31.2. The fourth-order valence-electron chi connectivity index (χ4n) is 2.55. The number of esters is 1. The van der Waals surface area contributed by atoms with Crippen LogP contribution >= 0.6 is 0 Å². The van der Waals surface area contributed by atoms with Crippen LogP contribution in [-0.4, -0.2) is 132 Å². The molecule has 0 amide bonds. The van der Waals surface area contributed by atoms with Gasteiger partial charge in [0, 0.05) is 6.61 Å². The Bertz CT molecular complexity index is 454. The van der Waals surface area contributed by atoms with Gasteiger partial charge in [-0.1, -0.05) is 20.3 Å². The van der Waals surface area contributed by atoms with E-state index in [-0.39, 0.29) is 12.4 Å². The molecule has 37 heavy (non-hydrogen) atoms. The maximum Gasteiger partial charge on any atom is 0.308 e. The molecule has 222 valence electrons. The number of hydrogen-bond acceptors (Lipinski definition) is 11. The summed E-state index contributed by atoms with van der Waals surface area (Å²) in [5, 5.41) is 0. The highest BCUT2D eigenvalue weighted by Crippen LogP contribution is 2.00.